The van der Waals surface area contributed by atoms with Gasteiger partial charge in [0.25, 0.3) is 0 Å². The van der Waals surface area contributed by atoms with Crippen molar-refractivity contribution in [1.82, 2.24) is 4.90 Å². The Hall–Kier alpha value is -0.790. The van der Waals surface area contributed by atoms with E-state index >= 15 is 0 Å². The van der Waals surface area contributed by atoms with Gasteiger partial charge in [-0.15, -0.1) is 6.58 Å². The Bertz CT molecular complexity index is 701. The van der Waals surface area contributed by atoms with E-state index in [0.717, 1.165) is 15.4 Å². The van der Waals surface area contributed by atoms with Crippen LogP contribution in [0.15, 0.2) is 46.4 Å². The van der Waals surface area contributed by atoms with Crippen LogP contribution in [0.1, 0.15) is 5.56 Å². The topological polar surface area (TPSA) is 49.7 Å². The Labute approximate surface area is 143 Å². The minimum absolute atomic E-state index is 0.0181. The maximum Gasteiger partial charge on any atom is 0.160 e. The Morgan fingerprint density at radius 3 is 2.77 bits per heavy atom. The van der Waals surface area contributed by atoms with Gasteiger partial charge >= 0.3 is 0 Å². The van der Waals surface area contributed by atoms with E-state index in [0.29, 0.717) is 6.54 Å². The standard InChI is InChI=1S/C15H17BrN2O2S2/c1-2-7-18-14-10-22(19,20)9-13(14)17-15(18)21-8-11-3-5-12(16)6-4-11/h2-6,13-14H,1,7-10H2. The van der Waals surface area contributed by atoms with Crippen molar-refractivity contribution in [2.24, 2.45) is 4.99 Å². The molecule has 1 aromatic carbocycles. The molecular weight excluding hydrogens is 384 g/mol. The molecule has 0 aromatic heterocycles. The summed E-state index contributed by atoms with van der Waals surface area (Å²) >= 11 is 5.10. The number of hydrogen-bond acceptors (Lipinski definition) is 5. The summed E-state index contributed by atoms with van der Waals surface area (Å²) in [4.78, 5) is 6.74. The minimum atomic E-state index is -2.95. The normalized spacial score (nSPS) is 25.9. The summed E-state index contributed by atoms with van der Waals surface area (Å²) in [5, 5.41) is 0.938. The summed E-state index contributed by atoms with van der Waals surface area (Å²) in [6.45, 7) is 4.42. The van der Waals surface area contributed by atoms with E-state index in [-0.39, 0.29) is 23.6 Å². The predicted octanol–water partition coefficient (Wildman–Crippen LogP) is 2.71. The first kappa shape index (κ1) is 16.1. The monoisotopic (exact) mass is 400 g/mol. The molecule has 0 amide bonds. The van der Waals surface area contributed by atoms with Crippen LogP contribution in [-0.2, 0) is 15.6 Å². The van der Waals surface area contributed by atoms with Gasteiger partial charge in [0.2, 0.25) is 0 Å². The number of rotatable bonds is 4. The molecule has 3 rings (SSSR count). The van der Waals surface area contributed by atoms with Gasteiger partial charge in [-0.2, -0.15) is 0 Å². The smallest absolute Gasteiger partial charge is 0.160 e. The predicted molar refractivity (Wildman–Crippen MR) is 96.0 cm³/mol. The highest BCUT2D eigenvalue weighted by Gasteiger charge is 2.45. The highest BCUT2D eigenvalue weighted by Crippen LogP contribution is 2.32. The molecule has 4 nitrogen and oxygen atoms in total. The summed E-state index contributed by atoms with van der Waals surface area (Å²) in [6.07, 6.45) is 1.81. The Kier molecular flexibility index (Phi) is 4.66. The highest BCUT2D eigenvalue weighted by molar-refractivity contribution is 9.10. The maximum absolute atomic E-state index is 11.8. The lowest BCUT2D eigenvalue weighted by molar-refractivity contribution is 0.379. The molecule has 0 bridgehead atoms. The van der Waals surface area contributed by atoms with Gasteiger partial charge in [0, 0.05) is 16.8 Å². The number of aliphatic imine (C=N–C) groups is 1. The van der Waals surface area contributed by atoms with Crippen molar-refractivity contribution in [2.75, 3.05) is 18.1 Å². The first-order chi connectivity index (χ1) is 10.5. The zero-order valence-electron chi connectivity index (χ0n) is 12.0. The molecule has 7 heteroatoms. The van der Waals surface area contributed by atoms with Crippen molar-refractivity contribution in [3.63, 3.8) is 0 Å². The zero-order valence-corrected chi connectivity index (χ0v) is 15.2. The van der Waals surface area contributed by atoms with Crippen molar-refractivity contribution in [2.45, 2.75) is 17.8 Å². The van der Waals surface area contributed by atoms with Crippen molar-refractivity contribution >= 4 is 42.7 Å². The van der Waals surface area contributed by atoms with Gasteiger partial charge in [-0.1, -0.05) is 45.9 Å². The first-order valence-corrected chi connectivity index (χ1v) is 10.6. The molecule has 2 aliphatic heterocycles. The highest BCUT2D eigenvalue weighted by atomic mass is 79.9. The summed E-state index contributed by atoms with van der Waals surface area (Å²) in [7, 11) is -2.95. The fourth-order valence-electron chi connectivity index (χ4n) is 2.79. The molecule has 0 radical (unpaired) electrons. The van der Waals surface area contributed by atoms with Crippen LogP contribution in [0.2, 0.25) is 0 Å². The van der Waals surface area contributed by atoms with E-state index in [1.807, 2.05) is 18.2 Å². The lowest BCUT2D eigenvalue weighted by atomic mass is 10.2. The van der Waals surface area contributed by atoms with E-state index in [2.05, 4.69) is 44.5 Å². The third kappa shape index (κ3) is 3.41. The van der Waals surface area contributed by atoms with Crippen molar-refractivity contribution in [3.8, 4) is 0 Å². The molecule has 0 aliphatic carbocycles. The molecule has 0 saturated carbocycles. The molecule has 1 aromatic rings. The van der Waals surface area contributed by atoms with Crippen molar-refractivity contribution in [1.29, 1.82) is 0 Å². The van der Waals surface area contributed by atoms with Gasteiger partial charge in [0.1, 0.15) is 0 Å². The fraction of sp³-hybridized carbons (Fsp3) is 0.400. The fourth-order valence-corrected chi connectivity index (χ4v) is 6.00. The second-order valence-electron chi connectivity index (χ2n) is 5.48. The molecule has 2 aliphatic rings. The van der Waals surface area contributed by atoms with E-state index in [4.69, 9.17) is 0 Å². The van der Waals surface area contributed by atoms with Gasteiger partial charge in [0.05, 0.1) is 23.6 Å². The van der Waals surface area contributed by atoms with Crippen LogP contribution in [0, 0.1) is 0 Å². The quantitative estimate of drug-likeness (QED) is 0.728. The van der Waals surface area contributed by atoms with Gasteiger partial charge in [0.15, 0.2) is 15.0 Å². The Balaban J connectivity index is 1.72. The minimum Gasteiger partial charge on any atom is -0.342 e. The number of benzene rings is 1. The van der Waals surface area contributed by atoms with E-state index < -0.39 is 9.84 Å². The SMILES string of the molecule is C=CCN1C(SCc2ccc(Br)cc2)=NC2CS(=O)(=O)CC21. The van der Waals surface area contributed by atoms with Crippen molar-refractivity contribution < 1.29 is 8.42 Å². The summed E-state index contributed by atoms with van der Waals surface area (Å²) in [6, 6.07) is 8.07. The van der Waals surface area contributed by atoms with Gasteiger partial charge in [-0.05, 0) is 17.7 Å². The first-order valence-electron chi connectivity index (χ1n) is 7.01. The molecule has 1 fully saturated rings. The molecule has 22 heavy (non-hydrogen) atoms. The number of sulfone groups is 1. The van der Waals surface area contributed by atoms with Gasteiger partial charge in [-0.3, -0.25) is 4.99 Å². The zero-order chi connectivity index (χ0) is 15.7. The molecule has 2 unspecified atom stereocenters. The van der Waals surface area contributed by atoms with E-state index in [9.17, 15) is 8.42 Å². The Morgan fingerprint density at radius 2 is 2.09 bits per heavy atom. The number of hydrogen-bond donors (Lipinski definition) is 0. The molecule has 118 valence electrons. The summed E-state index contributed by atoms with van der Waals surface area (Å²) in [5.74, 6) is 1.21. The van der Waals surface area contributed by atoms with Crippen LogP contribution in [-0.4, -0.2) is 48.6 Å². The number of thioether (sulfide) groups is 1. The number of fused-ring (bicyclic) bond motifs is 1. The van der Waals surface area contributed by atoms with Crippen LogP contribution in [0.3, 0.4) is 0 Å². The molecule has 2 atom stereocenters. The van der Waals surface area contributed by atoms with E-state index in [1.54, 1.807) is 11.8 Å². The average Bonchev–Trinajstić information content (AvgIpc) is 2.92. The second-order valence-corrected chi connectivity index (χ2v) is 9.49. The molecule has 0 N–H and O–H groups in total. The van der Waals surface area contributed by atoms with E-state index in [1.165, 1.54) is 5.56 Å². The lowest BCUT2D eigenvalue weighted by Gasteiger charge is -2.24. The second kappa shape index (κ2) is 6.37. The average molecular weight is 401 g/mol. The van der Waals surface area contributed by atoms with Crippen LogP contribution >= 0.6 is 27.7 Å². The molecule has 1 saturated heterocycles. The van der Waals surface area contributed by atoms with Crippen LogP contribution in [0.4, 0.5) is 0 Å². The number of nitrogens with zero attached hydrogens (tertiary/aromatic N) is 2. The van der Waals surface area contributed by atoms with Crippen molar-refractivity contribution in [3.05, 3.63) is 47.0 Å². The van der Waals surface area contributed by atoms with Gasteiger partial charge in [-0.25, -0.2) is 8.42 Å². The third-order valence-corrected chi connectivity index (χ3v) is 7.13. The lowest BCUT2D eigenvalue weighted by Crippen LogP contribution is -2.39. The number of halogens is 1. The molecular formula is C15H17BrN2O2S2. The van der Waals surface area contributed by atoms with Crippen LogP contribution in [0.5, 0.6) is 0 Å². The summed E-state index contributed by atoms with van der Waals surface area (Å²) in [5.41, 5.74) is 1.22. The Morgan fingerprint density at radius 1 is 1.36 bits per heavy atom. The van der Waals surface area contributed by atoms with Crippen LogP contribution in [0.25, 0.3) is 0 Å². The maximum atomic E-state index is 11.8. The molecule has 0 spiro atoms. The number of amidine groups is 1. The molecule has 2 heterocycles. The third-order valence-electron chi connectivity index (χ3n) is 3.82. The largest absolute Gasteiger partial charge is 0.342 e. The van der Waals surface area contributed by atoms with Gasteiger partial charge < -0.3 is 4.90 Å². The summed E-state index contributed by atoms with van der Waals surface area (Å²) < 4.78 is 24.6. The van der Waals surface area contributed by atoms with Crippen LogP contribution < -0.4 is 0 Å².